The highest BCUT2D eigenvalue weighted by atomic mass is 32.1. The molecule has 6 heteroatoms. The van der Waals surface area contributed by atoms with E-state index in [2.05, 4.69) is 4.98 Å². The topological polar surface area (TPSA) is 51.7 Å². The van der Waals surface area contributed by atoms with Gasteiger partial charge >= 0.3 is 6.09 Å². The molecule has 0 N–H and O–H groups in total. The summed E-state index contributed by atoms with van der Waals surface area (Å²) in [6.07, 6.45) is 2.11. The lowest BCUT2D eigenvalue weighted by Gasteiger charge is -2.24. The van der Waals surface area contributed by atoms with Gasteiger partial charge in [-0.25, -0.2) is 9.78 Å². The molecule has 2 aromatic rings. The second-order valence-corrected chi connectivity index (χ2v) is 7.00. The van der Waals surface area contributed by atoms with Gasteiger partial charge in [-0.05, 0) is 49.9 Å². The van der Waals surface area contributed by atoms with Crippen molar-refractivity contribution >= 4 is 23.2 Å². The summed E-state index contributed by atoms with van der Waals surface area (Å²) in [7, 11) is 1.65. The fourth-order valence-corrected chi connectivity index (χ4v) is 2.40. The maximum Gasteiger partial charge on any atom is 0.415 e. The molecule has 124 valence electrons. The van der Waals surface area contributed by atoms with Crippen LogP contribution in [0.15, 0.2) is 35.8 Å². The van der Waals surface area contributed by atoms with E-state index in [1.165, 1.54) is 4.90 Å². The second-order valence-electron chi connectivity index (χ2n) is 6.09. The second kappa shape index (κ2) is 7.46. The number of carbonyl (C=O) groups is 1. The lowest BCUT2D eigenvalue weighted by Crippen LogP contribution is -2.34. The molecule has 0 bridgehead atoms. The number of hydrogen-bond donors (Lipinski definition) is 0. The van der Waals surface area contributed by atoms with Crippen molar-refractivity contribution in [2.75, 3.05) is 18.6 Å². The standard InChI is InChI=1S/C17H22N2O3S/c1-17(2,3)22-16(20)19(4)14-8-7-13(12-18-14)9-10-21-15-6-5-11-23-15/h5-8,11-12H,9-10H2,1-4H3. The van der Waals surface area contributed by atoms with Gasteiger partial charge in [-0.15, -0.1) is 11.3 Å². The van der Waals surface area contributed by atoms with Crippen molar-refractivity contribution in [3.8, 4) is 5.06 Å². The monoisotopic (exact) mass is 334 g/mol. The van der Waals surface area contributed by atoms with Gasteiger partial charge in [0.25, 0.3) is 0 Å². The largest absolute Gasteiger partial charge is 0.484 e. The molecule has 0 saturated heterocycles. The highest BCUT2D eigenvalue weighted by Crippen LogP contribution is 2.19. The SMILES string of the molecule is CN(C(=O)OC(C)(C)C)c1ccc(CCOc2cccs2)cn1. The molecular formula is C17H22N2O3S. The normalized spacial score (nSPS) is 11.1. The van der Waals surface area contributed by atoms with Gasteiger partial charge in [0.1, 0.15) is 11.4 Å². The van der Waals surface area contributed by atoms with E-state index < -0.39 is 11.7 Å². The number of anilines is 1. The molecule has 23 heavy (non-hydrogen) atoms. The van der Waals surface area contributed by atoms with Crippen LogP contribution in [-0.2, 0) is 11.2 Å². The van der Waals surface area contributed by atoms with Crippen LogP contribution in [0.4, 0.5) is 10.6 Å². The van der Waals surface area contributed by atoms with E-state index in [1.54, 1.807) is 24.6 Å². The Labute approximate surface area is 140 Å². The molecule has 0 atom stereocenters. The van der Waals surface area contributed by atoms with Crippen LogP contribution in [0.3, 0.4) is 0 Å². The van der Waals surface area contributed by atoms with E-state index >= 15 is 0 Å². The van der Waals surface area contributed by atoms with Crippen molar-refractivity contribution in [3.05, 3.63) is 41.4 Å². The predicted molar refractivity (Wildman–Crippen MR) is 92.4 cm³/mol. The summed E-state index contributed by atoms with van der Waals surface area (Å²) >= 11 is 1.58. The number of ether oxygens (including phenoxy) is 2. The molecule has 5 nitrogen and oxygen atoms in total. The minimum absolute atomic E-state index is 0.418. The number of hydrogen-bond acceptors (Lipinski definition) is 5. The Bertz CT molecular complexity index is 618. The fourth-order valence-electron chi connectivity index (χ4n) is 1.80. The molecule has 0 aromatic carbocycles. The molecule has 0 aliphatic carbocycles. The predicted octanol–water partition coefficient (Wildman–Crippen LogP) is 4.14. The molecule has 0 unspecified atom stereocenters. The first-order valence-corrected chi connectivity index (χ1v) is 8.31. The van der Waals surface area contributed by atoms with Crippen molar-refractivity contribution in [1.29, 1.82) is 0 Å². The average molecular weight is 334 g/mol. The van der Waals surface area contributed by atoms with Crippen LogP contribution < -0.4 is 9.64 Å². The van der Waals surface area contributed by atoms with Gasteiger partial charge in [-0.1, -0.05) is 6.07 Å². The van der Waals surface area contributed by atoms with Crippen LogP contribution in [0, 0.1) is 0 Å². The Balaban J connectivity index is 1.87. The Morgan fingerprint density at radius 1 is 1.30 bits per heavy atom. The maximum atomic E-state index is 12.0. The average Bonchev–Trinajstić information content (AvgIpc) is 2.99. The number of thiophene rings is 1. The van der Waals surface area contributed by atoms with E-state index in [4.69, 9.17) is 9.47 Å². The lowest BCUT2D eigenvalue weighted by atomic mass is 10.2. The zero-order valence-corrected chi connectivity index (χ0v) is 14.7. The molecule has 0 fully saturated rings. The summed E-state index contributed by atoms with van der Waals surface area (Å²) in [5.41, 5.74) is 0.535. The van der Waals surface area contributed by atoms with Crippen LogP contribution in [0.5, 0.6) is 5.06 Å². The third-order valence-electron chi connectivity index (χ3n) is 2.95. The summed E-state index contributed by atoms with van der Waals surface area (Å²) in [6, 6.07) is 7.66. The summed E-state index contributed by atoms with van der Waals surface area (Å²) in [6.45, 7) is 6.11. The van der Waals surface area contributed by atoms with Crippen LogP contribution in [0.25, 0.3) is 0 Å². The van der Waals surface area contributed by atoms with Gasteiger partial charge in [0, 0.05) is 19.7 Å². The van der Waals surface area contributed by atoms with Gasteiger partial charge in [-0.2, -0.15) is 0 Å². The molecule has 0 spiro atoms. The van der Waals surface area contributed by atoms with E-state index in [9.17, 15) is 4.79 Å². The quantitative estimate of drug-likeness (QED) is 0.825. The number of rotatable bonds is 5. The van der Waals surface area contributed by atoms with Crippen LogP contribution in [0.2, 0.25) is 0 Å². The van der Waals surface area contributed by atoms with Gasteiger partial charge in [-0.3, -0.25) is 4.90 Å². The number of pyridine rings is 1. The molecule has 0 aliphatic rings. The molecular weight excluding hydrogens is 312 g/mol. The smallest absolute Gasteiger partial charge is 0.415 e. The third kappa shape index (κ3) is 5.56. The van der Waals surface area contributed by atoms with Crippen LogP contribution in [-0.4, -0.2) is 30.3 Å². The molecule has 2 rings (SSSR count). The zero-order chi connectivity index (χ0) is 16.9. The molecule has 1 amide bonds. The molecule has 0 aliphatic heterocycles. The van der Waals surface area contributed by atoms with E-state index in [0.717, 1.165) is 17.0 Å². The summed E-state index contributed by atoms with van der Waals surface area (Å²) in [4.78, 5) is 17.7. The number of nitrogens with zero attached hydrogens (tertiary/aromatic N) is 2. The van der Waals surface area contributed by atoms with Crippen molar-refractivity contribution < 1.29 is 14.3 Å². The fraction of sp³-hybridized carbons (Fsp3) is 0.412. The summed E-state index contributed by atoms with van der Waals surface area (Å²) < 4.78 is 10.9. The Morgan fingerprint density at radius 3 is 2.65 bits per heavy atom. The first-order chi connectivity index (χ1) is 10.8. The molecule has 0 saturated carbocycles. The highest BCUT2D eigenvalue weighted by Gasteiger charge is 2.21. The minimum atomic E-state index is -0.523. The maximum absolute atomic E-state index is 12.0. The van der Waals surface area contributed by atoms with Crippen molar-refractivity contribution in [2.24, 2.45) is 0 Å². The number of amides is 1. The first kappa shape index (κ1) is 17.3. The summed E-state index contributed by atoms with van der Waals surface area (Å²) in [5.74, 6) is 0.558. The van der Waals surface area contributed by atoms with E-state index in [-0.39, 0.29) is 0 Å². The first-order valence-electron chi connectivity index (χ1n) is 7.43. The van der Waals surface area contributed by atoms with Crippen LogP contribution >= 0.6 is 11.3 Å². The van der Waals surface area contributed by atoms with E-state index in [1.807, 2.05) is 50.4 Å². The van der Waals surface area contributed by atoms with E-state index in [0.29, 0.717) is 12.4 Å². The molecule has 2 heterocycles. The minimum Gasteiger partial charge on any atom is -0.484 e. The van der Waals surface area contributed by atoms with Crippen molar-refractivity contribution in [3.63, 3.8) is 0 Å². The Morgan fingerprint density at radius 2 is 2.09 bits per heavy atom. The number of carbonyl (C=O) groups excluding carboxylic acids is 1. The van der Waals surface area contributed by atoms with Gasteiger partial charge in [0.2, 0.25) is 0 Å². The van der Waals surface area contributed by atoms with Gasteiger partial charge in [0.15, 0.2) is 5.06 Å². The number of aromatic nitrogens is 1. The Hall–Kier alpha value is -2.08. The molecule has 2 aromatic heterocycles. The van der Waals surface area contributed by atoms with Crippen molar-refractivity contribution in [2.45, 2.75) is 32.8 Å². The van der Waals surface area contributed by atoms with Crippen LogP contribution in [0.1, 0.15) is 26.3 Å². The Kier molecular flexibility index (Phi) is 5.60. The lowest BCUT2D eigenvalue weighted by molar-refractivity contribution is 0.0588. The summed E-state index contributed by atoms with van der Waals surface area (Å²) in [5, 5.41) is 2.90. The van der Waals surface area contributed by atoms with Crippen molar-refractivity contribution in [1.82, 2.24) is 4.98 Å². The third-order valence-corrected chi connectivity index (χ3v) is 3.73. The zero-order valence-electron chi connectivity index (χ0n) is 13.9. The highest BCUT2D eigenvalue weighted by molar-refractivity contribution is 7.11. The van der Waals surface area contributed by atoms with Gasteiger partial charge < -0.3 is 9.47 Å². The van der Waals surface area contributed by atoms with Gasteiger partial charge in [0.05, 0.1) is 6.61 Å². The molecule has 0 radical (unpaired) electrons.